The summed E-state index contributed by atoms with van der Waals surface area (Å²) in [6, 6.07) is 11.0. The first-order valence-electron chi connectivity index (χ1n) is 7.42. The number of phenols is 1. The molecule has 24 heavy (non-hydrogen) atoms. The Hall–Kier alpha value is -2.05. The minimum atomic E-state index is -3.41. The highest BCUT2D eigenvalue weighted by Crippen LogP contribution is 2.27. The SMILES string of the molecule is CCS(=O)(=O)c1ccc(O)c(NC(=O)CCc2ccc(Cl)cc2)c1. The van der Waals surface area contributed by atoms with Gasteiger partial charge in [0.25, 0.3) is 0 Å². The number of rotatable bonds is 6. The Morgan fingerprint density at radius 2 is 1.83 bits per heavy atom. The Balaban J connectivity index is 2.05. The number of halogens is 1. The fourth-order valence-electron chi connectivity index (χ4n) is 2.10. The highest BCUT2D eigenvalue weighted by Gasteiger charge is 2.15. The van der Waals surface area contributed by atoms with Crippen molar-refractivity contribution in [2.45, 2.75) is 24.7 Å². The van der Waals surface area contributed by atoms with Gasteiger partial charge in [-0.1, -0.05) is 30.7 Å². The maximum absolute atomic E-state index is 12.0. The molecule has 0 radical (unpaired) electrons. The highest BCUT2D eigenvalue weighted by molar-refractivity contribution is 7.91. The van der Waals surface area contributed by atoms with Gasteiger partial charge in [-0.15, -0.1) is 0 Å². The number of anilines is 1. The topological polar surface area (TPSA) is 83.5 Å². The van der Waals surface area contributed by atoms with Crippen LogP contribution in [-0.2, 0) is 21.1 Å². The maximum Gasteiger partial charge on any atom is 0.224 e. The number of benzene rings is 2. The monoisotopic (exact) mass is 367 g/mol. The third-order valence-corrected chi connectivity index (χ3v) is 5.52. The van der Waals surface area contributed by atoms with Crippen LogP contribution in [0, 0.1) is 0 Å². The number of aromatic hydroxyl groups is 1. The molecule has 0 heterocycles. The molecular formula is C17H18ClNO4S. The van der Waals surface area contributed by atoms with E-state index in [0.29, 0.717) is 11.4 Å². The number of phenolic OH excluding ortho intramolecular Hbond substituents is 1. The van der Waals surface area contributed by atoms with E-state index in [4.69, 9.17) is 11.6 Å². The van der Waals surface area contributed by atoms with Gasteiger partial charge in [0, 0.05) is 11.4 Å². The van der Waals surface area contributed by atoms with Crippen molar-refractivity contribution in [3.63, 3.8) is 0 Å². The minimum absolute atomic E-state index is 0.0538. The molecule has 2 rings (SSSR count). The van der Waals surface area contributed by atoms with Crippen LogP contribution in [0.1, 0.15) is 18.9 Å². The van der Waals surface area contributed by atoms with Crippen molar-refractivity contribution in [1.82, 2.24) is 0 Å². The summed E-state index contributed by atoms with van der Waals surface area (Å²) in [4.78, 5) is 12.1. The van der Waals surface area contributed by atoms with Crippen molar-refractivity contribution in [1.29, 1.82) is 0 Å². The van der Waals surface area contributed by atoms with Crippen LogP contribution in [0.2, 0.25) is 5.02 Å². The van der Waals surface area contributed by atoms with Crippen LogP contribution in [-0.4, -0.2) is 25.2 Å². The van der Waals surface area contributed by atoms with E-state index in [1.807, 2.05) is 12.1 Å². The summed E-state index contributed by atoms with van der Waals surface area (Å²) in [5.41, 5.74) is 1.05. The Labute approximate surface area is 146 Å². The number of carbonyl (C=O) groups is 1. The zero-order valence-corrected chi connectivity index (χ0v) is 14.7. The van der Waals surface area contributed by atoms with E-state index in [0.717, 1.165) is 5.56 Å². The third-order valence-electron chi connectivity index (χ3n) is 3.54. The summed E-state index contributed by atoms with van der Waals surface area (Å²) >= 11 is 5.81. The van der Waals surface area contributed by atoms with E-state index in [1.54, 1.807) is 12.1 Å². The van der Waals surface area contributed by atoms with Gasteiger partial charge in [0.2, 0.25) is 5.91 Å². The minimum Gasteiger partial charge on any atom is -0.506 e. The predicted octanol–water partition coefficient (Wildman–Crippen LogP) is 3.41. The average molecular weight is 368 g/mol. The fourth-order valence-corrected chi connectivity index (χ4v) is 3.13. The van der Waals surface area contributed by atoms with Crippen LogP contribution in [0.25, 0.3) is 0 Å². The second-order valence-corrected chi connectivity index (χ2v) is 7.97. The van der Waals surface area contributed by atoms with E-state index in [9.17, 15) is 18.3 Å². The Morgan fingerprint density at radius 3 is 2.46 bits per heavy atom. The van der Waals surface area contributed by atoms with Gasteiger partial charge in [-0.3, -0.25) is 4.79 Å². The molecule has 2 N–H and O–H groups in total. The second-order valence-electron chi connectivity index (χ2n) is 5.26. The van der Waals surface area contributed by atoms with E-state index >= 15 is 0 Å². The van der Waals surface area contributed by atoms with Gasteiger partial charge in [0.05, 0.1) is 16.3 Å². The molecule has 5 nitrogen and oxygen atoms in total. The molecule has 0 atom stereocenters. The van der Waals surface area contributed by atoms with E-state index in [1.165, 1.54) is 25.1 Å². The molecule has 0 spiro atoms. The molecule has 0 aliphatic rings. The summed E-state index contributed by atoms with van der Waals surface area (Å²) in [5, 5.41) is 13.0. The van der Waals surface area contributed by atoms with Gasteiger partial charge in [-0.25, -0.2) is 8.42 Å². The number of sulfone groups is 1. The van der Waals surface area contributed by atoms with Crippen LogP contribution < -0.4 is 5.32 Å². The number of amides is 1. The van der Waals surface area contributed by atoms with Gasteiger partial charge in [0.15, 0.2) is 9.84 Å². The summed E-state index contributed by atoms with van der Waals surface area (Å²) in [6.07, 6.45) is 0.711. The molecule has 0 fully saturated rings. The molecule has 0 bridgehead atoms. The summed E-state index contributed by atoms with van der Waals surface area (Å²) in [6.45, 7) is 1.53. The Bertz CT molecular complexity index is 832. The average Bonchev–Trinajstić information content (AvgIpc) is 2.56. The van der Waals surface area contributed by atoms with Gasteiger partial charge >= 0.3 is 0 Å². The lowest BCUT2D eigenvalue weighted by atomic mass is 10.1. The van der Waals surface area contributed by atoms with Crippen LogP contribution in [0.5, 0.6) is 5.75 Å². The van der Waals surface area contributed by atoms with Crippen molar-refractivity contribution in [3.05, 3.63) is 53.1 Å². The predicted molar refractivity (Wildman–Crippen MR) is 94.2 cm³/mol. The van der Waals surface area contributed by atoms with Crippen molar-refractivity contribution in [2.24, 2.45) is 0 Å². The number of hydrogen-bond donors (Lipinski definition) is 2. The molecule has 0 saturated heterocycles. The molecule has 0 aliphatic carbocycles. The van der Waals surface area contributed by atoms with Crippen molar-refractivity contribution in [2.75, 3.05) is 11.1 Å². The van der Waals surface area contributed by atoms with E-state index < -0.39 is 9.84 Å². The van der Waals surface area contributed by atoms with Gasteiger partial charge < -0.3 is 10.4 Å². The lowest BCUT2D eigenvalue weighted by Gasteiger charge is -2.10. The van der Waals surface area contributed by atoms with E-state index in [-0.39, 0.29) is 34.4 Å². The van der Waals surface area contributed by atoms with Crippen molar-refractivity contribution < 1.29 is 18.3 Å². The smallest absolute Gasteiger partial charge is 0.224 e. The first kappa shape index (κ1) is 18.3. The molecule has 7 heteroatoms. The molecule has 0 unspecified atom stereocenters. The molecule has 2 aromatic carbocycles. The third kappa shape index (κ3) is 4.72. The zero-order chi connectivity index (χ0) is 17.7. The zero-order valence-electron chi connectivity index (χ0n) is 13.1. The lowest BCUT2D eigenvalue weighted by molar-refractivity contribution is -0.116. The number of nitrogens with one attached hydrogen (secondary N) is 1. The van der Waals surface area contributed by atoms with Crippen LogP contribution in [0.15, 0.2) is 47.4 Å². The summed E-state index contributed by atoms with van der Waals surface area (Å²) in [5.74, 6) is -0.543. The molecule has 0 saturated carbocycles. The first-order chi connectivity index (χ1) is 11.3. The second kappa shape index (κ2) is 7.68. The molecule has 0 aliphatic heterocycles. The molecule has 128 valence electrons. The van der Waals surface area contributed by atoms with Gasteiger partial charge in [-0.05, 0) is 42.3 Å². The van der Waals surface area contributed by atoms with Gasteiger partial charge in [0.1, 0.15) is 5.75 Å². The quantitative estimate of drug-likeness (QED) is 0.766. The summed E-state index contributed by atoms with van der Waals surface area (Å²) < 4.78 is 23.8. The number of aryl methyl sites for hydroxylation is 1. The fraction of sp³-hybridized carbons (Fsp3) is 0.235. The highest BCUT2D eigenvalue weighted by atomic mass is 35.5. The van der Waals surface area contributed by atoms with Crippen LogP contribution >= 0.6 is 11.6 Å². The van der Waals surface area contributed by atoms with Crippen LogP contribution in [0.4, 0.5) is 5.69 Å². The Morgan fingerprint density at radius 1 is 1.17 bits per heavy atom. The summed E-state index contributed by atoms with van der Waals surface area (Å²) in [7, 11) is -3.41. The largest absolute Gasteiger partial charge is 0.506 e. The molecule has 0 aromatic heterocycles. The van der Waals surface area contributed by atoms with Crippen molar-refractivity contribution >= 4 is 33.0 Å². The first-order valence-corrected chi connectivity index (χ1v) is 9.45. The number of hydrogen-bond acceptors (Lipinski definition) is 4. The molecular weight excluding hydrogens is 350 g/mol. The molecule has 1 amide bonds. The number of carbonyl (C=O) groups excluding carboxylic acids is 1. The molecule has 2 aromatic rings. The van der Waals surface area contributed by atoms with Crippen molar-refractivity contribution in [3.8, 4) is 5.75 Å². The van der Waals surface area contributed by atoms with Crippen LogP contribution in [0.3, 0.4) is 0 Å². The maximum atomic E-state index is 12.0. The van der Waals surface area contributed by atoms with E-state index in [2.05, 4.69) is 5.32 Å². The normalized spacial score (nSPS) is 11.2. The van der Waals surface area contributed by atoms with Gasteiger partial charge in [-0.2, -0.15) is 0 Å². The lowest BCUT2D eigenvalue weighted by Crippen LogP contribution is -2.13. The standard InChI is InChI=1S/C17H18ClNO4S/c1-2-24(22,23)14-8-9-16(20)15(11-14)19-17(21)10-5-12-3-6-13(18)7-4-12/h3-4,6-9,11,20H,2,5,10H2,1H3,(H,19,21). The Kier molecular flexibility index (Phi) is 5.85.